The molecule has 19 heavy (non-hydrogen) atoms. The monoisotopic (exact) mass is 251 g/mol. The van der Waals surface area contributed by atoms with Crippen molar-refractivity contribution in [2.45, 2.75) is 6.92 Å². The molecule has 94 valence electrons. The van der Waals surface area contributed by atoms with E-state index in [-0.39, 0.29) is 11.7 Å². The Kier molecular flexibility index (Phi) is 3.53. The summed E-state index contributed by atoms with van der Waals surface area (Å²) in [6, 6.07) is 11.9. The second-order valence-corrected chi connectivity index (χ2v) is 4.13. The molecule has 2 N–H and O–H groups in total. The lowest BCUT2D eigenvalue weighted by Gasteiger charge is -2.09. The summed E-state index contributed by atoms with van der Waals surface area (Å²) in [6.07, 6.45) is 5.31. The van der Waals surface area contributed by atoms with Crippen molar-refractivity contribution in [1.82, 2.24) is 0 Å². The quantitative estimate of drug-likeness (QED) is 0.806. The zero-order valence-corrected chi connectivity index (χ0v) is 10.5. The fraction of sp³-hybridized carbons (Fsp3) is 0.0625. The zero-order chi connectivity index (χ0) is 13.8. The van der Waals surface area contributed by atoms with Gasteiger partial charge in [0.05, 0.1) is 0 Å². The number of benzene rings is 2. The summed E-state index contributed by atoms with van der Waals surface area (Å²) in [5, 5.41) is 12.3. The molecule has 0 radical (unpaired) electrons. The lowest BCUT2D eigenvalue weighted by Crippen LogP contribution is -2.13. The van der Waals surface area contributed by atoms with Gasteiger partial charge >= 0.3 is 0 Å². The van der Waals surface area contributed by atoms with Gasteiger partial charge in [0.15, 0.2) is 0 Å². The van der Waals surface area contributed by atoms with E-state index in [4.69, 9.17) is 6.42 Å². The highest BCUT2D eigenvalue weighted by Crippen LogP contribution is 2.20. The maximum absolute atomic E-state index is 12.1. The van der Waals surface area contributed by atoms with Gasteiger partial charge in [0.25, 0.3) is 5.91 Å². The number of terminal acetylenes is 1. The molecule has 0 fully saturated rings. The fourth-order valence-corrected chi connectivity index (χ4v) is 1.75. The van der Waals surface area contributed by atoms with E-state index in [1.165, 1.54) is 0 Å². The third-order valence-corrected chi connectivity index (χ3v) is 2.84. The van der Waals surface area contributed by atoms with Gasteiger partial charge in [0.2, 0.25) is 0 Å². The van der Waals surface area contributed by atoms with Gasteiger partial charge in [-0.15, -0.1) is 6.42 Å². The van der Waals surface area contributed by atoms with Gasteiger partial charge in [-0.3, -0.25) is 4.79 Å². The van der Waals surface area contributed by atoms with Gasteiger partial charge in [-0.1, -0.05) is 18.1 Å². The SMILES string of the molecule is C#Cc1cccc(NC(=O)c2cccc(O)c2C)c1. The fourth-order valence-electron chi connectivity index (χ4n) is 1.75. The minimum absolute atomic E-state index is 0.102. The van der Waals surface area contributed by atoms with Crippen LogP contribution in [0, 0.1) is 19.3 Å². The van der Waals surface area contributed by atoms with Crippen LogP contribution in [-0.4, -0.2) is 11.0 Å². The van der Waals surface area contributed by atoms with E-state index < -0.39 is 0 Å². The number of nitrogens with one attached hydrogen (secondary N) is 1. The van der Waals surface area contributed by atoms with Crippen molar-refractivity contribution < 1.29 is 9.90 Å². The first-order chi connectivity index (χ1) is 9.11. The van der Waals surface area contributed by atoms with Crippen LogP contribution < -0.4 is 5.32 Å². The highest BCUT2D eigenvalue weighted by atomic mass is 16.3. The molecule has 0 spiro atoms. The zero-order valence-electron chi connectivity index (χ0n) is 10.5. The Morgan fingerprint density at radius 1 is 1.26 bits per heavy atom. The van der Waals surface area contributed by atoms with Crippen LogP contribution in [0.3, 0.4) is 0 Å². The second-order valence-electron chi connectivity index (χ2n) is 4.13. The molecule has 0 aliphatic carbocycles. The summed E-state index contributed by atoms with van der Waals surface area (Å²) >= 11 is 0. The number of phenols is 1. The van der Waals surface area contributed by atoms with E-state index >= 15 is 0 Å². The molecule has 3 nitrogen and oxygen atoms in total. The van der Waals surface area contributed by atoms with Crippen molar-refractivity contribution in [2.75, 3.05) is 5.32 Å². The van der Waals surface area contributed by atoms with Gasteiger partial charge in [-0.25, -0.2) is 0 Å². The summed E-state index contributed by atoms with van der Waals surface area (Å²) in [5.41, 5.74) is 2.31. The molecule has 0 aromatic heterocycles. The number of aromatic hydroxyl groups is 1. The molecule has 2 aromatic rings. The number of hydrogen-bond donors (Lipinski definition) is 2. The van der Waals surface area contributed by atoms with Crippen LogP contribution in [0.5, 0.6) is 5.75 Å². The summed E-state index contributed by atoms with van der Waals surface area (Å²) in [7, 11) is 0. The summed E-state index contributed by atoms with van der Waals surface area (Å²) in [5.74, 6) is 2.34. The smallest absolute Gasteiger partial charge is 0.256 e. The number of hydrogen-bond acceptors (Lipinski definition) is 2. The highest BCUT2D eigenvalue weighted by Gasteiger charge is 2.11. The second kappa shape index (κ2) is 5.28. The Labute approximate surface area is 111 Å². The molecule has 0 bridgehead atoms. The molecule has 0 saturated heterocycles. The van der Waals surface area contributed by atoms with E-state index in [2.05, 4.69) is 11.2 Å². The highest BCUT2D eigenvalue weighted by molar-refractivity contribution is 6.05. The van der Waals surface area contributed by atoms with Crippen LogP contribution in [0.4, 0.5) is 5.69 Å². The van der Waals surface area contributed by atoms with Crippen LogP contribution in [0.25, 0.3) is 0 Å². The number of phenolic OH excluding ortho intramolecular Hbond substituents is 1. The summed E-state index contributed by atoms with van der Waals surface area (Å²) in [4.78, 5) is 12.1. The molecule has 0 unspecified atom stereocenters. The Bertz CT molecular complexity index is 669. The number of carbonyl (C=O) groups excluding carboxylic acids is 1. The van der Waals surface area contributed by atoms with Gasteiger partial charge in [0.1, 0.15) is 5.75 Å². The van der Waals surface area contributed by atoms with Crippen LogP contribution in [-0.2, 0) is 0 Å². The predicted octanol–water partition coefficient (Wildman–Crippen LogP) is 2.93. The number of carbonyl (C=O) groups is 1. The first kappa shape index (κ1) is 12.7. The predicted molar refractivity (Wildman–Crippen MR) is 75.2 cm³/mol. The van der Waals surface area contributed by atoms with Crippen LogP contribution in [0.2, 0.25) is 0 Å². The van der Waals surface area contributed by atoms with Crippen molar-refractivity contribution in [1.29, 1.82) is 0 Å². The molecule has 2 aromatic carbocycles. The minimum Gasteiger partial charge on any atom is -0.508 e. The van der Waals surface area contributed by atoms with Crippen LogP contribution >= 0.6 is 0 Å². The standard InChI is InChI=1S/C16H13NO2/c1-3-12-6-4-7-13(10-12)17-16(19)14-8-5-9-15(18)11(14)2/h1,4-10,18H,2H3,(H,17,19). The Morgan fingerprint density at radius 2 is 2.00 bits per heavy atom. The van der Waals surface area contributed by atoms with E-state index in [0.29, 0.717) is 22.4 Å². The van der Waals surface area contributed by atoms with E-state index in [0.717, 1.165) is 0 Å². The van der Waals surface area contributed by atoms with E-state index in [1.54, 1.807) is 49.4 Å². The summed E-state index contributed by atoms with van der Waals surface area (Å²) < 4.78 is 0. The van der Waals surface area contributed by atoms with Gasteiger partial charge in [0, 0.05) is 22.4 Å². The Morgan fingerprint density at radius 3 is 2.74 bits per heavy atom. The average Bonchev–Trinajstić information content (AvgIpc) is 2.42. The molecular formula is C16H13NO2. The number of amides is 1. The molecule has 3 heteroatoms. The van der Waals surface area contributed by atoms with E-state index in [1.807, 2.05) is 0 Å². The third-order valence-electron chi connectivity index (χ3n) is 2.84. The van der Waals surface area contributed by atoms with Crippen molar-refractivity contribution in [2.24, 2.45) is 0 Å². The third kappa shape index (κ3) is 2.75. The molecular weight excluding hydrogens is 238 g/mol. The lowest BCUT2D eigenvalue weighted by atomic mass is 10.1. The van der Waals surface area contributed by atoms with Crippen molar-refractivity contribution in [3.8, 4) is 18.1 Å². The lowest BCUT2D eigenvalue weighted by molar-refractivity contribution is 0.102. The maximum atomic E-state index is 12.1. The molecule has 0 saturated carbocycles. The van der Waals surface area contributed by atoms with Gasteiger partial charge in [-0.2, -0.15) is 0 Å². The van der Waals surface area contributed by atoms with Crippen LogP contribution in [0.15, 0.2) is 42.5 Å². The van der Waals surface area contributed by atoms with Crippen molar-refractivity contribution >= 4 is 11.6 Å². The van der Waals surface area contributed by atoms with Crippen molar-refractivity contribution in [3.63, 3.8) is 0 Å². The largest absolute Gasteiger partial charge is 0.508 e. The summed E-state index contributed by atoms with van der Waals surface area (Å²) in [6.45, 7) is 1.70. The number of rotatable bonds is 2. The van der Waals surface area contributed by atoms with Crippen LogP contribution in [0.1, 0.15) is 21.5 Å². The molecule has 0 heterocycles. The average molecular weight is 251 g/mol. The van der Waals surface area contributed by atoms with Gasteiger partial charge < -0.3 is 10.4 Å². The molecule has 1 amide bonds. The first-order valence-electron chi connectivity index (χ1n) is 5.78. The molecule has 2 rings (SSSR count). The Balaban J connectivity index is 2.26. The molecule has 0 atom stereocenters. The molecule has 0 aliphatic rings. The molecule has 0 aliphatic heterocycles. The van der Waals surface area contributed by atoms with Gasteiger partial charge in [-0.05, 0) is 37.3 Å². The number of anilines is 1. The minimum atomic E-state index is -0.275. The van der Waals surface area contributed by atoms with E-state index in [9.17, 15) is 9.90 Å². The Hall–Kier alpha value is -2.73. The maximum Gasteiger partial charge on any atom is 0.256 e. The van der Waals surface area contributed by atoms with Crippen molar-refractivity contribution in [3.05, 3.63) is 59.2 Å². The topological polar surface area (TPSA) is 49.3 Å². The first-order valence-corrected chi connectivity index (χ1v) is 5.78. The normalized spacial score (nSPS) is 9.68.